The van der Waals surface area contributed by atoms with Gasteiger partial charge in [-0.3, -0.25) is 9.59 Å². The van der Waals surface area contributed by atoms with E-state index in [1.54, 1.807) is 0 Å². The van der Waals surface area contributed by atoms with Crippen molar-refractivity contribution in [1.29, 1.82) is 0 Å². The lowest BCUT2D eigenvalue weighted by molar-refractivity contribution is 0.0578. The first-order valence-corrected chi connectivity index (χ1v) is 7.04. The first-order valence-electron chi connectivity index (χ1n) is 7.04. The van der Waals surface area contributed by atoms with Gasteiger partial charge < -0.3 is 24.4 Å². The summed E-state index contributed by atoms with van der Waals surface area (Å²) in [7, 11) is 0. The summed E-state index contributed by atoms with van der Waals surface area (Å²) in [6.45, 7) is 3.98. The first-order chi connectivity index (χ1) is 10.5. The number of aromatic nitrogens is 1. The highest BCUT2D eigenvalue weighted by molar-refractivity contribution is 5.97. The number of aromatic carboxylic acids is 1. The highest BCUT2D eigenvalue weighted by Crippen LogP contribution is 2.20. The lowest BCUT2D eigenvalue weighted by Gasteiger charge is -2.30. The van der Waals surface area contributed by atoms with Crippen LogP contribution in [0.3, 0.4) is 0 Å². The van der Waals surface area contributed by atoms with Crippen LogP contribution in [-0.2, 0) is 11.3 Å². The number of carbonyl (C=O) groups excluding carboxylic acids is 1. The molecule has 0 bridgehead atoms. The second-order valence-corrected chi connectivity index (χ2v) is 4.97. The number of rotatable bonds is 6. The van der Waals surface area contributed by atoms with Crippen LogP contribution in [0, 0.1) is 0 Å². The molecule has 1 aliphatic heterocycles. The summed E-state index contributed by atoms with van der Waals surface area (Å²) in [5.74, 6) is -2.75. The molecule has 1 aromatic rings. The number of fused-ring (bicyclic) bond motifs is 1. The molecule has 2 heterocycles. The molecule has 1 aromatic heterocycles. The molecule has 120 valence electrons. The van der Waals surface area contributed by atoms with Crippen molar-refractivity contribution in [3.8, 4) is 5.75 Å². The van der Waals surface area contributed by atoms with Crippen LogP contribution in [0.1, 0.15) is 34.2 Å². The number of carboxylic acids is 1. The average molecular weight is 310 g/mol. The summed E-state index contributed by atoms with van der Waals surface area (Å²) in [6.07, 6.45) is 1.98. The Morgan fingerprint density at radius 1 is 1.32 bits per heavy atom. The molecule has 2 rings (SSSR count). The zero-order chi connectivity index (χ0) is 16.3. The molecule has 0 aliphatic carbocycles. The highest BCUT2D eigenvalue weighted by Gasteiger charge is 2.30. The van der Waals surface area contributed by atoms with Crippen LogP contribution >= 0.6 is 0 Å². The van der Waals surface area contributed by atoms with Crippen molar-refractivity contribution in [2.24, 2.45) is 0 Å². The Bertz CT molecular complexity index is 651. The Morgan fingerprint density at radius 2 is 2.05 bits per heavy atom. The monoisotopic (exact) mass is 310 g/mol. The van der Waals surface area contributed by atoms with E-state index in [1.165, 1.54) is 9.47 Å². The van der Waals surface area contributed by atoms with Crippen LogP contribution in [-0.4, -0.2) is 57.9 Å². The normalized spacial score (nSPS) is 14.0. The summed E-state index contributed by atoms with van der Waals surface area (Å²) in [5, 5.41) is 18.8. The Labute approximate surface area is 126 Å². The van der Waals surface area contributed by atoms with Crippen LogP contribution < -0.4 is 5.43 Å². The maximum Gasteiger partial charge on any atom is 0.341 e. The van der Waals surface area contributed by atoms with Gasteiger partial charge in [0.2, 0.25) is 5.43 Å². The SMILES string of the molecule is CCCOCCN1CCn2cc(C(=O)O)c(=O)c(O)c2C1=O. The molecule has 0 fully saturated rings. The van der Waals surface area contributed by atoms with Crippen LogP contribution in [0.5, 0.6) is 5.75 Å². The zero-order valence-corrected chi connectivity index (χ0v) is 12.2. The topological polar surface area (TPSA) is 109 Å². The van der Waals surface area contributed by atoms with E-state index in [-0.39, 0.29) is 5.69 Å². The summed E-state index contributed by atoms with van der Waals surface area (Å²) in [4.78, 5) is 36.6. The van der Waals surface area contributed by atoms with E-state index in [0.717, 1.165) is 12.6 Å². The predicted octanol–water partition coefficient (Wildman–Crippen LogP) is 0.134. The Kier molecular flexibility index (Phi) is 4.81. The van der Waals surface area contributed by atoms with Gasteiger partial charge in [0.1, 0.15) is 5.56 Å². The minimum absolute atomic E-state index is 0.170. The van der Waals surface area contributed by atoms with Crippen LogP contribution in [0.2, 0.25) is 0 Å². The average Bonchev–Trinajstić information content (AvgIpc) is 2.48. The lowest BCUT2D eigenvalue weighted by atomic mass is 10.1. The number of aromatic hydroxyl groups is 1. The van der Waals surface area contributed by atoms with E-state index in [1.807, 2.05) is 6.92 Å². The van der Waals surface area contributed by atoms with Gasteiger partial charge in [-0.05, 0) is 6.42 Å². The summed E-state index contributed by atoms with van der Waals surface area (Å²) < 4.78 is 6.64. The first kappa shape index (κ1) is 16.0. The van der Waals surface area contributed by atoms with Crippen molar-refractivity contribution in [2.45, 2.75) is 19.9 Å². The van der Waals surface area contributed by atoms with E-state index in [9.17, 15) is 19.5 Å². The molecule has 8 nitrogen and oxygen atoms in total. The van der Waals surface area contributed by atoms with Crippen molar-refractivity contribution in [3.63, 3.8) is 0 Å². The standard InChI is InChI=1S/C14H18N2O6/c1-2-6-22-7-5-15-3-4-16-8-9(14(20)21)11(17)12(18)10(16)13(15)19/h8,18H,2-7H2,1H3,(H,20,21). The quantitative estimate of drug-likeness (QED) is 0.723. The van der Waals surface area contributed by atoms with E-state index in [2.05, 4.69) is 0 Å². The van der Waals surface area contributed by atoms with E-state index in [4.69, 9.17) is 9.84 Å². The fourth-order valence-electron chi connectivity index (χ4n) is 2.32. The second kappa shape index (κ2) is 6.61. The van der Waals surface area contributed by atoms with E-state index >= 15 is 0 Å². The molecule has 0 saturated heterocycles. The number of hydrogen-bond donors (Lipinski definition) is 2. The number of amides is 1. The summed E-state index contributed by atoms with van der Waals surface area (Å²) in [5.41, 5.74) is -1.76. The molecule has 8 heteroatoms. The third-order valence-electron chi connectivity index (χ3n) is 3.44. The summed E-state index contributed by atoms with van der Waals surface area (Å²) in [6, 6.07) is 0. The Hall–Kier alpha value is -2.35. The number of nitrogens with zero attached hydrogens (tertiary/aromatic N) is 2. The fourth-order valence-corrected chi connectivity index (χ4v) is 2.32. The largest absolute Gasteiger partial charge is 0.503 e. The van der Waals surface area contributed by atoms with Crippen molar-refractivity contribution in [3.05, 3.63) is 27.7 Å². The zero-order valence-electron chi connectivity index (χ0n) is 12.2. The molecule has 2 N–H and O–H groups in total. The molecular formula is C14H18N2O6. The molecule has 0 spiro atoms. The number of carboxylic acid groups (broad SMARTS) is 1. The van der Waals surface area contributed by atoms with Gasteiger partial charge in [-0.25, -0.2) is 4.79 Å². The van der Waals surface area contributed by atoms with Gasteiger partial charge in [0.25, 0.3) is 5.91 Å². The maximum absolute atomic E-state index is 12.3. The van der Waals surface area contributed by atoms with E-state index in [0.29, 0.717) is 32.8 Å². The Balaban J connectivity index is 2.25. The Morgan fingerprint density at radius 3 is 2.68 bits per heavy atom. The van der Waals surface area contributed by atoms with Gasteiger partial charge in [-0.1, -0.05) is 6.92 Å². The minimum atomic E-state index is -1.43. The fraction of sp³-hybridized carbons (Fsp3) is 0.500. The van der Waals surface area contributed by atoms with E-state index < -0.39 is 28.6 Å². The van der Waals surface area contributed by atoms with Crippen LogP contribution in [0.25, 0.3) is 0 Å². The third kappa shape index (κ3) is 2.96. The van der Waals surface area contributed by atoms with Gasteiger partial charge in [0, 0.05) is 32.4 Å². The molecule has 0 saturated carbocycles. The van der Waals surface area contributed by atoms with Gasteiger partial charge in [-0.2, -0.15) is 0 Å². The van der Waals surface area contributed by atoms with Gasteiger partial charge in [0.05, 0.1) is 6.61 Å². The third-order valence-corrected chi connectivity index (χ3v) is 3.44. The number of hydrogen-bond acceptors (Lipinski definition) is 5. The maximum atomic E-state index is 12.3. The van der Waals surface area contributed by atoms with Crippen molar-refractivity contribution < 1.29 is 24.5 Å². The second-order valence-electron chi connectivity index (χ2n) is 4.97. The van der Waals surface area contributed by atoms with Crippen molar-refractivity contribution >= 4 is 11.9 Å². The van der Waals surface area contributed by atoms with Gasteiger partial charge in [-0.15, -0.1) is 0 Å². The molecule has 0 radical (unpaired) electrons. The molecule has 22 heavy (non-hydrogen) atoms. The molecule has 1 aliphatic rings. The highest BCUT2D eigenvalue weighted by atomic mass is 16.5. The molecular weight excluding hydrogens is 292 g/mol. The van der Waals surface area contributed by atoms with Crippen molar-refractivity contribution in [1.82, 2.24) is 9.47 Å². The molecule has 1 amide bonds. The predicted molar refractivity (Wildman–Crippen MR) is 76.3 cm³/mol. The number of pyridine rings is 1. The summed E-state index contributed by atoms with van der Waals surface area (Å²) >= 11 is 0. The molecule has 0 unspecified atom stereocenters. The molecule has 0 atom stereocenters. The smallest absolute Gasteiger partial charge is 0.341 e. The lowest BCUT2D eigenvalue weighted by Crippen LogP contribution is -2.43. The minimum Gasteiger partial charge on any atom is -0.503 e. The molecule has 0 aromatic carbocycles. The van der Waals surface area contributed by atoms with Gasteiger partial charge >= 0.3 is 5.97 Å². The van der Waals surface area contributed by atoms with Crippen molar-refractivity contribution in [2.75, 3.05) is 26.3 Å². The van der Waals surface area contributed by atoms with Crippen LogP contribution in [0.4, 0.5) is 0 Å². The number of ether oxygens (including phenoxy) is 1. The number of carbonyl (C=O) groups is 2. The van der Waals surface area contributed by atoms with Gasteiger partial charge in [0.15, 0.2) is 11.4 Å². The van der Waals surface area contributed by atoms with Crippen LogP contribution in [0.15, 0.2) is 11.0 Å².